The van der Waals surface area contributed by atoms with Crippen LogP contribution in [0.2, 0.25) is 0 Å². The second-order valence-electron chi connectivity index (χ2n) is 5.26. The Bertz CT molecular complexity index is 424. The maximum absolute atomic E-state index is 11.9. The van der Waals surface area contributed by atoms with Crippen LogP contribution in [0.3, 0.4) is 0 Å². The second-order valence-corrected chi connectivity index (χ2v) is 5.26. The van der Waals surface area contributed by atoms with Gasteiger partial charge in [0.1, 0.15) is 6.61 Å². The van der Waals surface area contributed by atoms with Gasteiger partial charge in [0, 0.05) is 12.8 Å². The normalized spacial score (nSPS) is 18.0. The van der Waals surface area contributed by atoms with E-state index in [9.17, 15) is 13.2 Å². The summed E-state index contributed by atoms with van der Waals surface area (Å²) in [5.41, 5.74) is 5.81. The standard InChI is InChI=1S/C12H18F3N3O2/c13-12(14,15)8-19-5-2-9-17-10(20-18-9)6-11(7-16)3-1-4-11/h1-8,16H2. The summed E-state index contributed by atoms with van der Waals surface area (Å²) in [7, 11) is 0. The van der Waals surface area contributed by atoms with Crippen LogP contribution in [0.4, 0.5) is 13.2 Å². The molecule has 114 valence electrons. The van der Waals surface area contributed by atoms with E-state index >= 15 is 0 Å². The largest absolute Gasteiger partial charge is 0.411 e. The summed E-state index contributed by atoms with van der Waals surface area (Å²) < 4.78 is 45.2. The Hall–Kier alpha value is -1.15. The first kappa shape index (κ1) is 15.2. The van der Waals surface area contributed by atoms with Gasteiger partial charge >= 0.3 is 6.18 Å². The van der Waals surface area contributed by atoms with E-state index in [2.05, 4.69) is 14.9 Å². The molecule has 0 aromatic carbocycles. The van der Waals surface area contributed by atoms with Crippen molar-refractivity contribution in [2.24, 2.45) is 11.1 Å². The van der Waals surface area contributed by atoms with Crippen LogP contribution in [0.25, 0.3) is 0 Å². The van der Waals surface area contributed by atoms with Gasteiger partial charge in [-0.3, -0.25) is 0 Å². The summed E-state index contributed by atoms with van der Waals surface area (Å²) in [5.74, 6) is 0.870. The first-order chi connectivity index (χ1) is 9.42. The summed E-state index contributed by atoms with van der Waals surface area (Å²) in [6, 6.07) is 0. The SMILES string of the molecule is NCC1(Cc2nc(CCOCC(F)(F)F)no2)CCC1. The summed E-state index contributed by atoms with van der Waals surface area (Å²) in [5, 5.41) is 3.74. The highest BCUT2D eigenvalue weighted by molar-refractivity contribution is 4.97. The number of rotatable bonds is 7. The van der Waals surface area contributed by atoms with Gasteiger partial charge in [-0.15, -0.1) is 0 Å². The number of aromatic nitrogens is 2. The third-order valence-electron chi connectivity index (χ3n) is 3.62. The molecule has 20 heavy (non-hydrogen) atoms. The Labute approximate surface area is 114 Å². The topological polar surface area (TPSA) is 74.2 Å². The number of alkyl halides is 3. The third kappa shape index (κ3) is 4.17. The molecule has 1 aromatic heterocycles. The molecule has 1 aromatic rings. The molecule has 1 aliphatic carbocycles. The van der Waals surface area contributed by atoms with Crippen molar-refractivity contribution in [1.29, 1.82) is 0 Å². The van der Waals surface area contributed by atoms with E-state index in [1.165, 1.54) is 0 Å². The van der Waals surface area contributed by atoms with Crippen LogP contribution in [0.5, 0.6) is 0 Å². The summed E-state index contributed by atoms with van der Waals surface area (Å²) >= 11 is 0. The van der Waals surface area contributed by atoms with Crippen LogP contribution in [0.1, 0.15) is 31.0 Å². The maximum atomic E-state index is 11.9. The van der Waals surface area contributed by atoms with Crippen molar-refractivity contribution in [2.75, 3.05) is 19.8 Å². The first-order valence-electron chi connectivity index (χ1n) is 6.58. The lowest BCUT2D eigenvalue weighted by atomic mass is 9.67. The quantitative estimate of drug-likeness (QED) is 0.777. The fourth-order valence-corrected chi connectivity index (χ4v) is 2.27. The molecular formula is C12H18F3N3O2. The number of hydrogen-bond donors (Lipinski definition) is 1. The highest BCUT2D eigenvalue weighted by atomic mass is 19.4. The van der Waals surface area contributed by atoms with Gasteiger partial charge in [-0.2, -0.15) is 18.2 Å². The van der Waals surface area contributed by atoms with Crippen molar-refractivity contribution in [1.82, 2.24) is 10.1 Å². The monoisotopic (exact) mass is 293 g/mol. The van der Waals surface area contributed by atoms with Crippen molar-refractivity contribution in [2.45, 2.75) is 38.3 Å². The molecule has 0 unspecified atom stereocenters. The van der Waals surface area contributed by atoms with Crippen molar-refractivity contribution >= 4 is 0 Å². The van der Waals surface area contributed by atoms with Gasteiger partial charge in [-0.1, -0.05) is 11.6 Å². The molecule has 1 fully saturated rings. The zero-order valence-electron chi connectivity index (χ0n) is 11.1. The molecule has 0 amide bonds. The average molecular weight is 293 g/mol. The Kier molecular flexibility index (Phi) is 4.64. The molecule has 0 aliphatic heterocycles. The summed E-state index contributed by atoms with van der Waals surface area (Å²) in [4.78, 5) is 4.16. The van der Waals surface area contributed by atoms with Gasteiger partial charge in [0.15, 0.2) is 5.82 Å². The van der Waals surface area contributed by atoms with Crippen molar-refractivity contribution in [3.05, 3.63) is 11.7 Å². The Morgan fingerprint density at radius 1 is 1.35 bits per heavy atom. The molecule has 0 saturated heterocycles. The lowest BCUT2D eigenvalue weighted by Crippen LogP contribution is -2.39. The Morgan fingerprint density at radius 3 is 2.65 bits per heavy atom. The van der Waals surface area contributed by atoms with Gasteiger partial charge in [-0.25, -0.2) is 0 Å². The van der Waals surface area contributed by atoms with E-state index in [0.717, 1.165) is 19.3 Å². The first-order valence-corrected chi connectivity index (χ1v) is 6.58. The molecule has 0 radical (unpaired) electrons. The zero-order chi connectivity index (χ0) is 14.6. The lowest BCUT2D eigenvalue weighted by Gasteiger charge is -2.39. The number of ether oxygens (including phenoxy) is 1. The van der Waals surface area contributed by atoms with Gasteiger partial charge < -0.3 is 15.0 Å². The number of halogens is 3. The molecule has 1 aliphatic rings. The van der Waals surface area contributed by atoms with Crippen LogP contribution in [-0.2, 0) is 17.6 Å². The molecule has 2 rings (SSSR count). The number of nitrogens with zero attached hydrogens (tertiary/aromatic N) is 2. The molecule has 1 saturated carbocycles. The van der Waals surface area contributed by atoms with Crippen LogP contribution in [0.15, 0.2) is 4.52 Å². The minimum atomic E-state index is -4.31. The number of hydrogen-bond acceptors (Lipinski definition) is 5. The van der Waals surface area contributed by atoms with E-state index < -0.39 is 12.8 Å². The summed E-state index contributed by atoms with van der Waals surface area (Å²) in [6.45, 7) is -0.756. The fraction of sp³-hybridized carbons (Fsp3) is 0.833. The Balaban J connectivity index is 1.75. The van der Waals surface area contributed by atoms with Crippen molar-refractivity contribution in [3.63, 3.8) is 0 Å². The van der Waals surface area contributed by atoms with E-state index in [0.29, 0.717) is 24.7 Å². The van der Waals surface area contributed by atoms with E-state index in [-0.39, 0.29) is 18.4 Å². The lowest BCUT2D eigenvalue weighted by molar-refractivity contribution is -0.173. The smallest absolute Gasteiger partial charge is 0.372 e. The molecule has 8 heteroatoms. The van der Waals surface area contributed by atoms with Crippen molar-refractivity contribution in [3.8, 4) is 0 Å². The highest BCUT2D eigenvalue weighted by Gasteiger charge is 2.37. The summed E-state index contributed by atoms with van der Waals surface area (Å²) in [6.07, 6.45) is -0.204. The average Bonchev–Trinajstić information content (AvgIpc) is 2.76. The van der Waals surface area contributed by atoms with Gasteiger partial charge in [0.2, 0.25) is 5.89 Å². The van der Waals surface area contributed by atoms with E-state index in [4.69, 9.17) is 10.3 Å². The predicted molar refractivity (Wildman–Crippen MR) is 63.9 cm³/mol. The molecule has 1 heterocycles. The maximum Gasteiger partial charge on any atom is 0.411 e. The third-order valence-corrected chi connectivity index (χ3v) is 3.62. The molecule has 0 spiro atoms. The molecule has 0 atom stereocenters. The van der Waals surface area contributed by atoms with Crippen molar-refractivity contribution < 1.29 is 22.4 Å². The molecule has 0 bridgehead atoms. The minimum absolute atomic E-state index is 0.0661. The minimum Gasteiger partial charge on any atom is -0.372 e. The fourth-order valence-electron chi connectivity index (χ4n) is 2.27. The van der Waals surface area contributed by atoms with E-state index in [1.807, 2.05) is 0 Å². The molecule has 2 N–H and O–H groups in total. The second kappa shape index (κ2) is 6.09. The van der Waals surface area contributed by atoms with Crippen LogP contribution >= 0.6 is 0 Å². The zero-order valence-corrected chi connectivity index (χ0v) is 11.1. The molecular weight excluding hydrogens is 275 g/mol. The van der Waals surface area contributed by atoms with Gasteiger partial charge in [0.25, 0.3) is 0 Å². The highest BCUT2D eigenvalue weighted by Crippen LogP contribution is 2.42. The number of nitrogens with two attached hydrogens (primary N) is 1. The molecule has 5 nitrogen and oxygen atoms in total. The predicted octanol–water partition coefficient (Wildman–Crippen LogP) is 1.86. The van der Waals surface area contributed by atoms with Crippen LogP contribution in [0, 0.1) is 5.41 Å². The van der Waals surface area contributed by atoms with E-state index in [1.54, 1.807) is 0 Å². The van der Waals surface area contributed by atoms with Gasteiger partial charge in [-0.05, 0) is 24.8 Å². The Morgan fingerprint density at radius 2 is 2.10 bits per heavy atom. The van der Waals surface area contributed by atoms with Crippen LogP contribution in [-0.4, -0.2) is 36.1 Å². The van der Waals surface area contributed by atoms with Gasteiger partial charge in [0.05, 0.1) is 6.61 Å². The van der Waals surface area contributed by atoms with Crippen LogP contribution < -0.4 is 5.73 Å².